The smallest absolute Gasteiger partial charge is 0.431 e. The van der Waals surface area contributed by atoms with Gasteiger partial charge in [-0.05, 0) is 172 Å². The molecule has 0 radical (unpaired) electrons. The van der Waals surface area contributed by atoms with E-state index in [9.17, 15) is 68.5 Å². The number of benzene rings is 3. The van der Waals surface area contributed by atoms with Gasteiger partial charge in [0.1, 0.15) is 28.6 Å². The summed E-state index contributed by atoms with van der Waals surface area (Å²) < 4.78 is 156. The number of likely N-dealkylation sites (tertiary alicyclic amines) is 3. The van der Waals surface area contributed by atoms with Crippen molar-refractivity contribution in [1.82, 2.24) is 43.5 Å². The summed E-state index contributed by atoms with van der Waals surface area (Å²) in [5, 5.41) is 22.9. The highest BCUT2D eigenvalue weighted by Crippen LogP contribution is 2.48. The van der Waals surface area contributed by atoms with Crippen molar-refractivity contribution in [2.75, 3.05) is 80.2 Å². The van der Waals surface area contributed by atoms with Gasteiger partial charge in [-0.3, -0.25) is 24.2 Å². The van der Waals surface area contributed by atoms with Crippen molar-refractivity contribution in [3.05, 3.63) is 159 Å². The second-order valence-electron chi connectivity index (χ2n) is 28.0. The van der Waals surface area contributed by atoms with E-state index in [1.165, 1.54) is 51.1 Å². The molecule has 0 saturated carbocycles. The number of hydrogen-bond donors (Lipinski definition) is 3. The predicted octanol–water partition coefficient (Wildman–Crippen LogP) is 13.0. The number of alkyl halides is 9. The summed E-state index contributed by atoms with van der Waals surface area (Å²) in [5.74, 6) is 0.000519. The summed E-state index contributed by atoms with van der Waals surface area (Å²) in [7, 11) is 5.43. The Kier molecular flexibility index (Phi) is 21.3. The van der Waals surface area contributed by atoms with Gasteiger partial charge in [0.15, 0.2) is 11.6 Å². The maximum Gasteiger partial charge on any atom is 0.431 e. The topological polar surface area (TPSA) is 162 Å². The van der Waals surface area contributed by atoms with Crippen molar-refractivity contribution in [3.63, 3.8) is 0 Å². The molecule has 6 aliphatic heterocycles. The fourth-order valence-corrected chi connectivity index (χ4v) is 15.4. The van der Waals surface area contributed by atoms with Gasteiger partial charge in [-0.2, -0.15) is 39.5 Å². The molecule has 99 heavy (non-hydrogen) atoms. The van der Waals surface area contributed by atoms with E-state index in [0.717, 1.165) is 11.6 Å². The number of carbonyl (C=O) groups excluding carboxylic acids is 3. The SMILES string of the molecule is CC(C)Oc1ccc(C(=O)N2CCC3(CC2)c2ccc(C(F)(F)F)n2CCN3C)cc1CO.CC1Cn2c(C(F)(F)F)ccc2C2(CCN(C(=O)c3ccc(OC(C)C)c(F)c3)CC2)N1.COc1cc(C(=O)N2CCC3(CC2)c2ccc(C(F)(F)F)n2CCN3C)ccc1C(C)(C)CO.[HH].[HH].[HH]. The van der Waals surface area contributed by atoms with E-state index in [4.69, 9.17) is 14.2 Å². The highest BCUT2D eigenvalue weighted by molar-refractivity contribution is 5.96. The molecule has 3 N–H and O–H groups in total. The highest BCUT2D eigenvalue weighted by Gasteiger charge is 2.51. The van der Waals surface area contributed by atoms with Crippen molar-refractivity contribution < 1.29 is 87.0 Å². The first-order valence-corrected chi connectivity index (χ1v) is 33.6. The van der Waals surface area contributed by atoms with Crippen LogP contribution in [0, 0.1) is 5.82 Å². The van der Waals surface area contributed by atoms with Crippen molar-refractivity contribution >= 4 is 17.7 Å². The molecule has 0 aliphatic carbocycles. The Bertz CT molecular complexity index is 3900. The molecule has 3 spiro atoms. The predicted molar refractivity (Wildman–Crippen MR) is 356 cm³/mol. The van der Waals surface area contributed by atoms with Gasteiger partial charge in [-0.1, -0.05) is 19.9 Å². The van der Waals surface area contributed by atoms with Crippen LogP contribution in [0.15, 0.2) is 91.0 Å². The minimum atomic E-state index is -4.41. The Balaban J connectivity index is 0.000000211. The highest BCUT2D eigenvalue weighted by atomic mass is 19.4. The number of carbonyl (C=O) groups is 3. The van der Waals surface area contributed by atoms with Crippen molar-refractivity contribution in [3.8, 4) is 17.2 Å². The lowest BCUT2D eigenvalue weighted by Crippen LogP contribution is -2.59. The molecule has 1 atom stereocenters. The molecule has 3 saturated heterocycles. The van der Waals surface area contributed by atoms with Gasteiger partial charge in [0, 0.05) is 133 Å². The Morgan fingerprint density at radius 2 is 0.939 bits per heavy atom. The molecule has 546 valence electrons. The average molecular weight is 1400 g/mol. The van der Waals surface area contributed by atoms with Crippen molar-refractivity contribution in [1.29, 1.82) is 0 Å². The number of nitrogens with zero attached hydrogens (tertiary/aromatic N) is 8. The number of likely N-dealkylation sites (N-methyl/N-ethyl adjacent to an activating group) is 2. The van der Waals surface area contributed by atoms with Crippen LogP contribution in [0.4, 0.5) is 43.9 Å². The summed E-state index contributed by atoms with van der Waals surface area (Å²) in [6.45, 7) is 17.1. The van der Waals surface area contributed by atoms with Crippen LogP contribution >= 0.6 is 0 Å². The first-order chi connectivity index (χ1) is 46.5. The first kappa shape index (κ1) is 74.1. The molecule has 0 bridgehead atoms. The third-order valence-corrected chi connectivity index (χ3v) is 20.6. The number of hydrogen-bond acceptors (Lipinski definition) is 11. The molecular weight excluding hydrogens is 1310 g/mol. The van der Waals surface area contributed by atoms with Crippen LogP contribution in [0.25, 0.3) is 0 Å². The lowest BCUT2D eigenvalue weighted by atomic mass is 9.81. The fraction of sp³-hybridized carbons (Fsp3) is 0.542. The van der Waals surface area contributed by atoms with Crippen LogP contribution < -0.4 is 19.5 Å². The van der Waals surface area contributed by atoms with Crippen LogP contribution in [0.1, 0.15) is 168 Å². The molecule has 27 heteroatoms. The van der Waals surface area contributed by atoms with Crippen LogP contribution in [-0.4, -0.2) is 165 Å². The summed E-state index contributed by atoms with van der Waals surface area (Å²) in [6.07, 6.45) is -10.3. The number of ether oxygens (including phenoxy) is 3. The van der Waals surface area contributed by atoms with Crippen molar-refractivity contribution in [2.24, 2.45) is 0 Å². The largest absolute Gasteiger partial charge is 0.496 e. The van der Waals surface area contributed by atoms with Crippen molar-refractivity contribution in [2.45, 2.75) is 172 Å². The molecule has 6 aromatic rings. The lowest BCUT2D eigenvalue weighted by molar-refractivity contribution is -0.145. The van der Waals surface area contributed by atoms with Gasteiger partial charge in [0.2, 0.25) is 0 Å². The van der Waals surface area contributed by atoms with Crippen LogP contribution in [-0.2, 0) is 66.8 Å². The third kappa shape index (κ3) is 14.8. The Morgan fingerprint density at radius 1 is 0.535 bits per heavy atom. The van der Waals surface area contributed by atoms with Gasteiger partial charge in [-0.15, -0.1) is 0 Å². The Hall–Kier alpha value is -7.59. The molecule has 3 aromatic heterocycles. The molecule has 3 amide bonds. The normalized spacial score (nSPS) is 19.3. The number of methoxy groups -OCH3 is 1. The monoisotopic (exact) mass is 1400 g/mol. The van der Waals surface area contributed by atoms with E-state index in [0.29, 0.717) is 149 Å². The minimum Gasteiger partial charge on any atom is -0.496 e. The molecule has 6 aliphatic rings. The van der Waals surface area contributed by atoms with E-state index in [2.05, 4.69) is 15.1 Å². The third-order valence-electron chi connectivity index (χ3n) is 20.6. The maximum absolute atomic E-state index is 14.3. The second-order valence-corrected chi connectivity index (χ2v) is 28.0. The average Bonchev–Trinajstić information content (AvgIpc) is 1.49. The minimum absolute atomic E-state index is 0. The molecule has 1 unspecified atom stereocenters. The maximum atomic E-state index is 14.3. The van der Waals surface area contributed by atoms with Crippen LogP contribution in [0.3, 0.4) is 0 Å². The van der Waals surface area contributed by atoms with Gasteiger partial charge in [-0.25, -0.2) is 4.39 Å². The van der Waals surface area contributed by atoms with E-state index in [1.54, 1.807) is 77.1 Å². The van der Waals surface area contributed by atoms with Crippen LogP contribution in [0.2, 0.25) is 0 Å². The van der Waals surface area contributed by atoms with Gasteiger partial charge in [0.05, 0.1) is 49.1 Å². The standard InChI is InChI=1S/C25H32F3N3O3.C24H30F3N3O3.C23H27F4N3O2.3H2/c1-23(2,16-32)18-6-5-17(15-19(18)34-4)22(33)30-11-9-24(10-12-30)20-7-8-21(25(26,27)28)31(20)14-13-29(24)3;1-16(2)33-19-5-4-17(14-18(19)15-31)22(32)29-10-8-23(9-11-29)20-6-7-21(24(25,26)27)30(20)13-12-28(23)3;1-14(2)32-18-5-4-16(12-17(18)24)21(31)29-10-8-22(9-11-29)19-6-7-20(23(25,26)27)30(19)13-15(3)28-22;;;/h5-8,15,32H,9-14,16H2,1-4H3;4-7,14,16,31H,8-13,15H2,1-3H3;4-7,12,14-15,28H,8-11,13H2,1-3H3;3*1H. The number of aromatic nitrogens is 3. The number of fused-ring (bicyclic) bond motifs is 6. The zero-order valence-electron chi connectivity index (χ0n) is 57.5. The van der Waals surface area contributed by atoms with E-state index in [1.807, 2.05) is 54.8 Å². The number of aliphatic hydroxyl groups is 2. The van der Waals surface area contributed by atoms with E-state index >= 15 is 0 Å². The van der Waals surface area contributed by atoms with Gasteiger partial charge < -0.3 is 58.1 Å². The summed E-state index contributed by atoms with van der Waals surface area (Å²) in [6, 6.07) is 22.5. The summed E-state index contributed by atoms with van der Waals surface area (Å²) in [4.78, 5) is 48.8. The fourth-order valence-electron chi connectivity index (χ4n) is 15.4. The molecule has 9 heterocycles. The molecule has 3 aromatic carbocycles. The summed E-state index contributed by atoms with van der Waals surface area (Å²) >= 11 is 0. The second kappa shape index (κ2) is 28.4. The molecule has 3 fully saturated rings. The zero-order chi connectivity index (χ0) is 72.1. The number of amides is 3. The van der Waals surface area contributed by atoms with Gasteiger partial charge in [0.25, 0.3) is 17.7 Å². The zero-order valence-corrected chi connectivity index (χ0v) is 57.5. The van der Waals surface area contributed by atoms with E-state index in [-0.39, 0.29) is 71.3 Å². The van der Waals surface area contributed by atoms with Gasteiger partial charge >= 0.3 is 18.5 Å². The van der Waals surface area contributed by atoms with E-state index < -0.39 is 63.5 Å². The Labute approximate surface area is 574 Å². The van der Waals surface area contributed by atoms with Crippen LogP contribution in [0.5, 0.6) is 17.2 Å². The number of aliphatic hydroxyl groups excluding tert-OH is 2. The number of halogens is 10. The Morgan fingerprint density at radius 3 is 1.36 bits per heavy atom. The first-order valence-electron chi connectivity index (χ1n) is 33.6. The molecule has 17 nitrogen and oxygen atoms in total. The number of rotatable bonds is 11. The molecular formula is C72H95F10N9O8. The lowest BCUT2D eigenvalue weighted by Gasteiger charge is -2.50. The number of nitrogens with one attached hydrogen (secondary N) is 1. The quantitative estimate of drug-likeness (QED) is 0.106. The molecule has 12 rings (SSSR count). The number of piperidine rings is 3. The summed E-state index contributed by atoms with van der Waals surface area (Å²) in [5.41, 5.74) is 0.464.